The topological polar surface area (TPSA) is 106 Å². The molecule has 0 saturated carbocycles. The van der Waals surface area contributed by atoms with Crippen molar-refractivity contribution in [3.63, 3.8) is 0 Å². The van der Waals surface area contributed by atoms with Gasteiger partial charge >= 0.3 is 11.9 Å². The fourth-order valence-corrected chi connectivity index (χ4v) is 3.72. The van der Waals surface area contributed by atoms with E-state index in [-0.39, 0.29) is 12.2 Å². The van der Waals surface area contributed by atoms with E-state index in [9.17, 15) is 19.8 Å². The highest BCUT2D eigenvalue weighted by Crippen LogP contribution is 2.39. The molecule has 1 aliphatic carbocycles. The van der Waals surface area contributed by atoms with E-state index < -0.39 is 47.9 Å². The molecule has 0 aromatic heterocycles. The minimum atomic E-state index is -1.35. The zero-order valence-corrected chi connectivity index (χ0v) is 15.8. The van der Waals surface area contributed by atoms with Crippen LogP contribution >= 0.6 is 0 Å². The Morgan fingerprint density at radius 3 is 2.56 bits per heavy atom. The molecular formula is C20H26O7. The molecule has 0 spiro atoms. The Morgan fingerprint density at radius 1 is 1.33 bits per heavy atom. The van der Waals surface area contributed by atoms with Crippen molar-refractivity contribution in [2.75, 3.05) is 6.61 Å². The normalized spacial score (nSPS) is 41.4. The first kappa shape index (κ1) is 19.8. The number of carbonyl (C=O) groups excluding carboxylic acids is 2. The molecule has 0 aromatic carbocycles. The zero-order chi connectivity index (χ0) is 19.9. The van der Waals surface area contributed by atoms with Crippen LogP contribution in [0, 0.1) is 5.92 Å². The third-order valence-corrected chi connectivity index (χ3v) is 5.38. The predicted octanol–water partition coefficient (Wildman–Crippen LogP) is 1.19. The highest BCUT2D eigenvalue weighted by Gasteiger charge is 2.59. The van der Waals surface area contributed by atoms with Crippen LogP contribution in [0.2, 0.25) is 0 Å². The van der Waals surface area contributed by atoms with E-state index in [4.69, 9.17) is 14.2 Å². The van der Waals surface area contributed by atoms with Crippen LogP contribution in [0.5, 0.6) is 0 Å². The number of ether oxygens (including phenoxy) is 3. The van der Waals surface area contributed by atoms with Crippen LogP contribution in [-0.2, 0) is 23.8 Å². The summed E-state index contributed by atoms with van der Waals surface area (Å²) in [6.45, 7) is 9.08. The molecule has 3 rings (SSSR count). The van der Waals surface area contributed by atoms with Gasteiger partial charge in [0, 0.05) is 12.0 Å². The first-order valence-corrected chi connectivity index (χ1v) is 9.09. The molecule has 2 saturated heterocycles. The minimum Gasteiger partial charge on any atom is -0.459 e. The van der Waals surface area contributed by atoms with Gasteiger partial charge in [0.25, 0.3) is 0 Å². The van der Waals surface area contributed by atoms with Crippen LogP contribution in [0.1, 0.15) is 33.6 Å². The van der Waals surface area contributed by atoms with Crippen molar-refractivity contribution < 1.29 is 34.0 Å². The summed E-state index contributed by atoms with van der Waals surface area (Å²) >= 11 is 0. The van der Waals surface area contributed by atoms with Gasteiger partial charge in [-0.05, 0) is 33.3 Å². The van der Waals surface area contributed by atoms with Crippen molar-refractivity contribution in [3.8, 4) is 0 Å². The lowest BCUT2D eigenvalue weighted by Gasteiger charge is -2.29. The summed E-state index contributed by atoms with van der Waals surface area (Å²) in [7, 11) is 0. The first-order chi connectivity index (χ1) is 12.6. The second kappa shape index (κ2) is 7.22. The van der Waals surface area contributed by atoms with Gasteiger partial charge in [0.1, 0.15) is 12.2 Å². The van der Waals surface area contributed by atoms with Crippen LogP contribution in [0.3, 0.4) is 0 Å². The summed E-state index contributed by atoms with van der Waals surface area (Å²) < 4.78 is 16.3. The molecule has 0 amide bonds. The quantitative estimate of drug-likeness (QED) is 0.329. The molecule has 7 nitrogen and oxygen atoms in total. The highest BCUT2D eigenvalue weighted by atomic mass is 16.7. The van der Waals surface area contributed by atoms with Crippen LogP contribution in [-0.4, -0.2) is 58.8 Å². The number of hydrogen-bond acceptors (Lipinski definition) is 7. The fraction of sp³-hybridized carbons (Fsp3) is 0.600. The Morgan fingerprint density at radius 2 is 1.96 bits per heavy atom. The van der Waals surface area contributed by atoms with E-state index in [1.54, 1.807) is 12.2 Å². The zero-order valence-electron chi connectivity index (χ0n) is 15.8. The number of hydrogen-bond donors (Lipinski definition) is 2. The van der Waals surface area contributed by atoms with Crippen molar-refractivity contribution >= 4 is 11.9 Å². The molecule has 0 aromatic rings. The molecule has 6 atom stereocenters. The molecule has 0 radical (unpaired) electrons. The Hall–Kier alpha value is -1.96. The Labute approximate surface area is 158 Å². The SMILES string of the molecule is C=C1C(=O)O[C@@H]2/C=C(\C)C[C@@H](O)/C=C(\C)C[C@@H](OC(=O)[C@]3([C@H](C)O)CO3)[C@@H]12. The Balaban J connectivity index is 1.93. The smallest absolute Gasteiger partial charge is 0.343 e. The monoisotopic (exact) mass is 378 g/mol. The van der Waals surface area contributed by atoms with Crippen LogP contribution < -0.4 is 0 Å². The van der Waals surface area contributed by atoms with Crippen LogP contribution in [0.25, 0.3) is 0 Å². The van der Waals surface area contributed by atoms with Crippen molar-refractivity contribution in [2.45, 2.75) is 63.6 Å². The van der Waals surface area contributed by atoms with E-state index in [0.717, 1.165) is 11.1 Å². The molecule has 7 heteroatoms. The standard InChI is InChI=1S/C20H26O7/c1-10-5-14(22)6-11(2)8-16(17-12(3)18(23)26-15(17)7-10)27-19(24)20(9-25-20)13(4)21/h6-7,13-17,21-22H,3,5,8-9H2,1-2,4H3/b10-7+,11-6+/t13-,14+,15+,16+,17-,20+/m0/s1. The largest absolute Gasteiger partial charge is 0.459 e. The Bertz CT molecular complexity index is 714. The van der Waals surface area contributed by atoms with Gasteiger partial charge in [0.05, 0.1) is 24.7 Å². The average Bonchev–Trinajstić information content (AvgIpc) is 3.30. The van der Waals surface area contributed by atoms with Crippen LogP contribution in [0.4, 0.5) is 0 Å². The van der Waals surface area contributed by atoms with Crippen LogP contribution in [0.15, 0.2) is 35.5 Å². The van der Waals surface area contributed by atoms with Gasteiger partial charge in [0.2, 0.25) is 5.60 Å². The number of epoxide rings is 1. The van der Waals surface area contributed by atoms with Gasteiger partial charge in [-0.1, -0.05) is 23.8 Å². The maximum atomic E-state index is 12.7. The lowest BCUT2D eigenvalue weighted by molar-refractivity contribution is -0.162. The van der Waals surface area contributed by atoms with E-state index >= 15 is 0 Å². The molecular weight excluding hydrogens is 352 g/mol. The van der Waals surface area contributed by atoms with Crippen molar-refractivity contribution in [2.24, 2.45) is 5.92 Å². The molecule has 2 heterocycles. The van der Waals surface area contributed by atoms with Gasteiger partial charge in [-0.25, -0.2) is 9.59 Å². The minimum absolute atomic E-state index is 0.0905. The number of carbonyl (C=O) groups is 2. The number of fused-ring (bicyclic) bond motifs is 1. The molecule has 2 fully saturated rings. The summed E-state index contributed by atoms with van der Waals surface area (Å²) in [5.41, 5.74) is 0.586. The molecule has 3 aliphatic rings. The predicted molar refractivity (Wildman–Crippen MR) is 95.5 cm³/mol. The average molecular weight is 378 g/mol. The second-order valence-corrected chi connectivity index (χ2v) is 7.72. The highest BCUT2D eigenvalue weighted by molar-refractivity contribution is 5.91. The summed E-state index contributed by atoms with van der Waals surface area (Å²) in [4.78, 5) is 24.8. The van der Waals surface area contributed by atoms with Gasteiger partial charge in [-0.3, -0.25) is 0 Å². The molecule has 0 unspecified atom stereocenters. The third-order valence-electron chi connectivity index (χ3n) is 5.38. The summed E-state index contributed by atoms with van der Waals surface area (Å²) in [5.74, 6) is -1.73. The maximum Gasteiger partial charge on any atom is 0.343 e. The van der Waals surface area contributed by atoms with E-state index in [2.05, 4.69) is 6.58 Å². The van der Waals surface area contributed by atoms with Gasteiger partial charge in [-0.15, -0.1) is 0 Å². The summed E-state index contributed by atoms with van der Waals surface area (Å²) in [6.07, 6.45) is 1.19. The molecule has 27 heavy (non-hydrogen) atoms. The lowest BCUT2D eigenvalue weighted by atomic mass is 9.85. The van der Waals surface area contributed by atoms with Gasteiger partial charge in [0.15, 0.2) is 0 Å². The number of rotatable bonds is 3. The van der Waals surface area contributed by atoms with Crippen molar-refractivity contribution in [1.29, 1.82) is 0 Å². The summed E-state index contributed by atoms with van der Waals surface area (Å²) in [6, 6.07) is 0. The van der Waals surface area contributed by atoms with Crippen molar-refractivity contribution in [1.82, 2.24) is 0 Å². The second-order valence-electron chi connectivity index (χ2n) is 7.72. The van der Waals surface area contributed by atoms with E-state index in [0.29, 0.717) is 12.8 Å². The summed E-state index contributed by atoms with van der Waals surface area (Å²) in [5, 5.41) is 20.0. The molecule has 0 bridgehead atoms. The van der Waals surface area contributed by atoms with Gasteiger partial charge in [-0.2, -0.15) is 0 Å². The molecule has 2 N–H and O–H groups in total. The third kappa shape index (κ3) is 3.85. The maximum absolute atomic E-state index is 12.7. The number of aliphatic hydroxyl groups excluding tert-OH is 2. The molecule has 2 aliphatic heterocycles. The first-order valence-electron chi connectivity index (χ1n) is 9.09. The van der Waals surface area contributed by atoms with Gasteiger partial charge < -0.3 is 24.4 Å². The van der Waals surface area contributed by atoms with E-state index in [1.165, 1.54) is 6.92 Å². The lowest BCUT2D eigenvalue weighted by Crippen LogP contribution is -2.42. The fourth-order valence-electron chi connectivity index (χ4n) is 3.72. The molecule has 148 valence electrons. The number of esters is 2. The van der Waals surface area contributed by atoms with Crippen molar-refractivity contribution in [3.05, 3.63) is 35.5 Å². The van der Waals surface area contributed by atoms with E-state index in [1.807, 2.05) is 13.8 Å². The number of aliphatic hydroxyl groups is 2. The Kier molecular flexibility index (Phi) is 5.29.